The first-order valence-electron chi connectivity index (χ1n) is 8.79. The lowest BCUT2D eigenvalue weighted by Gasteiger charge is -2.42. The molecule has 0 bridgehead atoms. The topological polar surface area (TPSA) is 69.6 Å². The van der Waals surface area contributed by atoms with Crippen LogP contribution in [0.4, 0.5) is 0 Å². The molecule has 1 aromatic rings. The average molecular weight is 332 g/mol. The number of rotatable bonds is 9. The van der Waals surface area contributed by atoms with Crippen LogP contribution in [-0.4, -0.2) is 47.1 Å². The second kappa shape index (κ2) is 8.83. The van der Waals surface area contributed by atoms with Crippen molar-refractivity contribution >= 4 is 11.9 Å². The number of hydrogen-bond donors (Lipinski definition) is 2. The highest BCUT2D eigenvalue weighted by Gasteiger charge is 2.34. The fraction of sp³-hybridized carbons (Fsp3) is 0.579. The van der Waals surface area contributed by atoms with E-state index in [2.05, 4.69) is 24.4 Å². The van der Waals surface area contributed by atoms with Crippen molar-refractivity contribution in [2.45, 2.75) is 57.5 Å². The quantitative estimate of drug-likeness (QED) is 0.729. The largest absolute Gasteiger partial charge is 0.480 e. The Kier molecular flexibility index (Phi) is 6.79. The highest BCUT2D eigenvalue weighted by Crippen LogP contribution is 2.26. The van der Waals surface area contributed by atoms with Gasteiger partial charge in [-0.05, 0) is 37.3 Å². The Morgan fingerprint density at radius 3 is 2.54 bits per heavy atom. The predicted molar refractivity (Wildman–Crippen MR) is 93.9 cm³/mol. The minimum Gasteiger partial charge on any atom is -0.480 e. The minimum atomic E-state index is -0.792. The van der Waals surface area contributed by atoms with E-state index in [-0.39, 0.29) is 24.5 Å². The predicted octanol–water partition coefficient (Wildman–Crippen LogP) is 2.62. The minimum absolute atomic E-state index is 0.0798. The molecule has 2 N–H and O–H groups in total. The maximum absolute atomic E-state index is 12.1. The van der Waals surface area contributed by atoms with Crippen LogP contribution in [0.1, 0.15) is 51.0 Å². The Morgan fingerprint density at radius 2 is 1.96 bits per heavy atom. The molecule has 1 amide bonds. The van der Waals surface area contributed by atoms with Crippen LogP contribution in [0.15, 0.2) is 30.3 Å². The molecule has 5 heteroatoms. The third-order valence-electron chi connectivity index (χ3n) is 4.91. The number of carbonyl (C=O) groups is 2. The van der Waals surface area contributed by atoms with Gasteiger partial charge in [-0.1, -0.05) is 44.2 Å². The van der Waals surface area contributed by atoms with Gasteiger partial charge in [0, 0.05) is 18.5 Å². The van der Waals surface area contributed by atoms with Crippen LogP contribution in [-0.2, 0) is 9.59 Å². The Morgan fingerprint density at radius 1 is 1.29 bits per heavy atom. The maximum Gasteiger partial charge on any atom is 0.317 e. The van der Waals surface area contributed by atoms with Gasteiger partial charge in [0.25, 0.3) is 0 Å². The van der Waals surface area contributed by atoms with Gasteiger partial charge in [-0.3, -0.25) is 14.5 Å². The van der Waals surface area contributed by atoms with Crippen molar-refractivity contribution in [1.29, 1.82) is 0 Å². The molecule has 1 unspecified atom stereocenters. The van der Waals surface area contributed by atoms with E-state index < -0.39 is 5.97 Å². The second-order valence-electron chi connectivity index (χ2n) is 6.70. The lowest BCUT2D eigenvalue weighted by atomic mass is 9.85. The van der Waals surface area contributed by atoms with Crippen molar-refractivity contribution in [2.75, 3.05) is 13.1 Å². The summed E-state index contributed by atoms with van der Waals surface area (Å²) in [6, 6.07) is 10.7. The smallest absolute Gasteiger partial charge is 0.317 e. The molecule has 1 aliphatic carbocycles. The van der Waals surface area contributed by atoms with Crippen molar-refractivity contribution in [3.05, 3.63) is 35.9 Å². The van der Waals surface area contributed by atoms with Gasteiger partial charge in [-0.25, -0.2) is 0 Å². The summed E-state index contributed by atoms with van der Waals surface area (Å²) in [5.74, 6) is -0.320. The number of hydrogen-bond acceptors (Lipinski definition) is 3. The van der Waals surface area contributed by atoms with E-state index in [1.807, 2.05) is 30.0 Å². The van der Waals surface area contributed by atoms with Crippen LogP contribution in [0, 0.1) is 0 Å². The summed E-state index contributed by atoms with van der Waals surface area (Å²) in [6.45, 7) is 4.93. The lowest BCUT2D eigenvalue weighted by molar-refractivity contribution is -0.139. The first-order chi connectivity index (χ1) is 11.5. The first kappa shape index (κ1) is 18.5. The van der Waals surface area contributed by atoms with Crippen LogP contribution in [0.2, 0.25) is 0 Å². The van der Waals surface area contributed by atoms with E-state index in [4.69, 9.17) is 5.11 Å². The van der Waals surface area contributed by atoms with Crippen molar-refractivity contribution < 1.29 is 14.7 Å². The van der Waals surface area contributed by atoms with Gasteiger partial charge in [-0.15, -0.1) is 0 Å². The third-order valence-corrected chi connectivity index (χ3v) is 4.91. The van der Waals surface area contributed by atoms with Crippen LogP contribution in [0.25, 0.3) is 0 Å². The fourth-order valence-electron chi connectivity index (χ4n) is 3.27. The van der Waals surface area contributed by atoms with E-state index in [1.165, 1.54) is 5.56 Å². The molecule has 132 valence electrons. The van der Waals surface area contributed by atoms with Crippen molar-refractivity contribution in [2.24, 2.45) is 0 Å². The highest BCUT2D eigenvalue weighted by molar-refractivity contribution is 5.76. The average Bonchev–Trinajstić information content (AvgIpc) is 2.54. The van der Waals surface area contributed by atoms with E-state index >= 15 is 0 Å². The Labute approximate surface area is 144 Å². The van der Waals surface area contributed by atoms with E-state index in [1.54, 1.807) is 0 Å². The Hall–Kier alpha value is -1.88. The molecule has 24 heavy (non-hydrogen) atoms. The number of carboxylic acid groups (broad SMARTS) is 1. The Balaban J connectivity index is 1.66. The number of aliphatic carboxylic acids is 1. The first-order valence-corrected chi connectivity index (χ1v) is 8.79. The van der Waals surface area contributed by atoms with Gasteiger partial charge in [0.1, 0.15) is 0 Å². The van der Waals surface area contributed by atoms with Crippen LogP contribution < -0.4 is 5.32 Å². The molecule has 1 aromatic carbocycles. The van der Waals surface area contributed by atoms with E-state index in [9.17, 15) is 9.59 Å². The molecular formula is C19H28N2O3. The number of carbonyl (C=O) groups excluding carboxylic acids is 1. The zero-order chi connectivity index (χ0) is 17.5. The van der Waals surface area contributed by atoms with Crippen LogP contribution in [0.5, 0.6) is 0 Å². The van der Waals surface area contributed by atoms with E-state index in [0.29, 0.717) is 12.3 Å². The summed E-state index contributed by atoms with van der Waals surface area (Å²) in [6.07, 6.45) is 3.07. The monoisotopic (exact) mass is 332 g/mol. The zero-order valence-electron chi connectivity index (χ0n) is 14.6. The van der Waals surface area contributed by atoms with Gasteiger partial charge in [0.05, 0.1) is 6.54 Å². The third kappa shape index (κ3) is 5.34. The number of nitrogens with zero attached hydrogens (tertiary/aromatic N) is 1. The molecule has 0 aromatic heterocycles. The van der Waals surface area contributed by atoms with Gasteiger partial charge in [-0.2, -0.15) is 0 Å². The van der Waals surface area contributed by atoms with Crippen molar-refractivity contribution in [3.8, 4) is 0 Å². The summed E-state index contributed by atoms with van der Waals surface area (Å²) < 4.78 is 0. The van der Waals surface area contributed by atoms with Gasteiger partial charge in [0.2, 0.25) is 5.91 Å². The molecule has 0 spiro atoms. The summed E-state index contributed by atoms with van der Waals surface area (Å²) in [4.78, 5) is 24.9. The number of amides is 1. The number of nitrogens with one attached hydrogen (secondary N) is 1. The summed E-state index contributed by atoms with van der Waals surface area (Å²) in [5, 5.41) is 12.0. The molecule has 1 fully saturated rings. The zero-order valence-corrected chi connectivity index (χ0v) is 14.6. The molecule has 1 saturated carbocycles. The van der Waals surface area contributed by atoms with Crippen molar-refractivity contribution in [3.63, 3.8) is 0 Å². The Bertz CT molecular complexity index is 541. The maximum atomic E-state index is 12.1. The second-order valence-corrected chi connectivity index (χ2v) is 6.70. The molecule has 0 aliphatic heterocycles. The molecule has 0 saturated heterocycles. The fourth-order valence-corrected chi connectivity index (χ4v) is 3.27. The van der Waals surface area contributed by atoms with Crippen LogP contribution in [0.3, 0.4) is 0 Å². The number of carboxylic acids is 1. The summed E-state index contributed by atoms with van der Waals surface area (Å²) in [5.41, 5.74) is 1.27. The summed E-state index contributed by atoms with van der Waals surface area (Å²) in [7, 11) is 0. The molecule has 2 rings (SSSR count). The van der Waals surface area contributed by atoms with Crippen molar-refractivity contribution in [1.82, 2.24) is 10.2 Å². The van der Waals surface area contributed by atoms with Crippen LogP contribution >= 0.6 is 0 Å². The van der Waals surface area contributed by atoms with Gasteiger partial charge in [0.15, 0.2) is 0 Å². The molecule has 5 nitrogen and oxygen atoms in total. The molecule has 0 heterocycles. The highest BCUT2D eigenvalue weighted by atomic mass is 16.4. The number of benzene rings is 1. The molecule has 0 radical (unpaired) electrons. The summed E-state index contributed by atoms with van der Waals surface area (Å²) >= 11 is 0. The number of likely N-dealkylation sites (N-methyl/N-ethyl adjacent to an activating group) is 1. The standard InChI is InChI=1S/C19H28N2O3/c1-3-21(13-19(23)24)17-11-16(12-17)20-18(22)10-9-14(2)15-7-5-4-6-8-15/h4-8,14,16-17H,3,9-13H2,1-2H3,(H,20,22)(H,23,24). The normalized spacial score (nSPS) is 21.1. The molecule has 1 atom stereocenters. The molecule has 1 aliphatic rings. The van der Waals surface area contributed by atoms with E-state index in [0.717, 1.165) is 25.8 Å². The van der Waals surface area contributed by atoms with Gasteiger partial charge >= 0.3 is 5.97 Å². The lowest BCUT2D eigenvalue weighted by Crippen LogP contribution is -2.54. The SMILES string of the molecule is CCN(CC(=O)O)C1CC(NC(=O)CCC(C)c2ccccc2)C1. The molecular weight excluding hydrogens is 304 g/mol. The van der Waals surface area contributed by atoms with Gasteiger partial charge < -0.3 is 10.4 Å².